The topological polar surface area (TPSA) is 67.9 Å². The van der Waals surface area contributed by atoms with Crippen LogP contribution in [0.4, 0.5) is 5.69 Å². The third kappa shape index (κ3) is 5.10. The van der Waals surface area contributed by atoms with E-state index in [0.717, 1.165) is 48.7 Å². The minimum atomic E-state index is -0.0508. The lowest BCUT2D eigenvalue weighted by Crippen LogP contribution is -2.40. The first kappa shape index (κ1) is 19.9. The minimum Gasteiger partial charge on any atom is -0.497 e. The van der Waals surface area contributed by atoms with Crippen LogP contribution in [-0.2, 0) is 4.79 Å². The monoisotopic (exact) mass is 382 g/mol. The van der Waals surface area contributed by atoms with E-state index in [2.05, 4.69) is 10.2 Å². The average Bonchev–Trinajstić information content (AvgIpc) is 2.74. The molecular weight excluding hydrogens is 356 g/mol. The maximum Gasteiger partial charge on any atom is 0.238 e. The van der Waals surface area contributed by atoms with Gasteiger partial charge in [-0.2, -0.15) is 0 Å². The summed E-state index contributed by atoms with van der Waals surface area (Å²) in [6, 6.07) is 14.5. The fourth-order valence-electron chi connectivity index (χ4n) is 3.42. The molecular formula is C22H26N2O4. The van der Waals surface area contributed by atoms with Crippen LogP contribution in [0.3, 0.4) is 0 Å². The molecule has 0 aliphatic carbocycles. The van der Waals surface area contributed by atoms with Crippen LogP contribution in [0.1, 0.15) is 23.2 Å². The van der Waals surface area contributed by atoms with Crippen molar-refractivity contribution < 1.29 is 19.1 Å². The van der Waals surface area contributed by atoms with Crippen LogP contribution in [0.5, 0.6) is 11.5 Å². The summed E-state index contributed by atoms with van der Waals surface area (Å²) in [6.45, 7) is 1.81. The summed E-state index contributed by atoms with van der Waals surface area (Å²) >= 11 is 0. The fourth-order valence-corrected chi connectivity index (χ4v) is 3.42. The van der Waals surface area contributed by atoms with Crippen molar-refractivity contribution in [2.24, 2.45) is 5.92 Å². The first-order chi connectivity index (χ1) is 13.6. The van der Waals surface area contributed by atoms with Crippen molar-refractivity contribution in [1.29, 1.82) is 0 Å². The molecule has 0 atom stereocenters. The van der Waals surface area contributed by atoms with E-state index in [-0.39, 0.29) is 17.6 Å². The summed E-state index contributed by atoms with van der Waals surface area (Å²) in [6.07, 6.45) is 1.53. The predicted octanol–water partition coefficient (Wildman–Crippen LogP) is 3.24. The van der Waals surface area contributed by atoms with Gasteiger partial charge in [0, 0.05) is 17.2 Å². The highest BCUT2D eigenvalue weighted by atomic mass is 16.5. The molecule has 6 nitrogen and oxygen atoms in total. The van der Waals surface area contributed by atoms with Crippen molar-refractivity contribution in [2.75, 3.05) is 39.2 Å². The number of hydrogen-bond acceptors (Lipinski definition) is 5. The van der Waals surface area contributed by atoms with Gasteiger partial charge in [-0.15, -0.1) is 0 Å². The number of ether oxygens (including phenoxy) is 2. The highest BCUT2D eigenvalue weighted by molar-refractivity contribution is 5.98. The summed E-state index contributed by atoms with van der Waals surface area (Å²) < 4.78 is 10.3. The molecule has 6 heteroatoms. The molecule has 28 heavy (non-hydrogen) atoms. The standard InChI is InChI=1S/C22H26N2O4/c1-27-19-7-3-16(4-8-19)22(26)17-11-13-24(14-12-17)15-21(25)23-18-5-9-20(28-2)10-6-18/h3-10,17H,11-15H2,1-2H3,(H,23,25). The molecule has 0 radical (unpaired) electrons. The zero-order chi connectivity index (χ0) is 19.9. The second-order valence-electron chi connectivity index (χ2n) is 6.92. The minimum absolute atomic E-state index is 0.00861. The number of hydrogen-bond donors (Lipinski definition) is 1. The van der Waals surface area contributed by atoms with E-state index in [0.29, 0.717) is 6.54 Å². The van der Waals surface area contributed by atoms with Crippen LogP contribution in [0, 0.1) is 5.92 Å². The smallest absolute Gasteiger partial charge is 0.238 e. The maximum absolute atomic E-state index is 12.7. The van der Waals surface area contributed by atoms with Crippen molar-refractivity contribution in [3.05, 3.63) is 54.1 Å². The number of likely N-dealkylation sites (tertiary alicyclic amines) is 1. The largest absolute Gasteiger partial charge is 0.497 e. The SMILES string of the molecule is COc1ccc(NC(=O)CN2CCC(C(=O)c3ccc(OC)cc3)CC2)cc1. The van der Waals surface area contributed by atoms with Gasteiger partial charge in [-0.1, -0.05) is 0 Å². The molecule has 1 saturated heterocycles. The molecule has 0 aromatic heterocycles. The van der Waals surface area contributed by atoms with Crippen molar-refractivity contribution in [3.8, 4) is 11.5 Å². The predicted molar refractivity (Wildman–Crippen MR) is 108 cm³/mol. The molecule has 1 aliphatic rings. The fraction of sp³-hybridized carbons (Fsp3) is 0.364. The van der Waals surface area contributed by atoms with Gasteiger partial charge in [0.1, 0.15) is 11.5 Å². The van der Waals surface area contributed by atoms with Gasteiger partial charge in [0.25, 0.3) is 0 Å². The number of ketones is 1. The van der Waals surface area contributed by atoms with E-state index in [1.165, 1.54) is 0 Å². The molecule has 2 aromatic rings. The van der Waals surface area contributed by atoms with E-state index in [1.807, 2.05) is 48.5 Å². The van der Waals surface area contributed by atoms with Gasteiger partial charge in [-0.3, -0.25) is 14.5 Å². The summed E-state index contributed by atoms with van der Waals surface area (Å²) in [7, 11) is 3.22. The van der Waals surface area contributed by atoms with Gasteiger partial charge in [0.05, 0.1) is 20.8 Å². The summed E-state index contributed by atoms with van der Waals surface area (Å²) in [5.41, 5.74) is 1.46. The number of anilines is 1. The number of rotatable bonds is 7. The van der Waals surface area contributed by atoms with Crippen molar-refractivity contribution in [2.45, 2.75) is 12.8 Å². The molecule has 148 valence electrons. The summed E-state index contributed by atoms with van der Waals surface area (Å²) in [4.78, 5) is 27.0. The lowest BCUT2D eigenvalue weighted by molar-refractivity contribution is -0.117. The Hall–Kier alpha value is -2.86. The Balaban J connectivity index is 1.46. The van der Waals surface area contributed by atoms with Gasteiger partial charge in [0.2, 0.25) is 5.91 Å². The number of nitrogens with zero attached hydrogens (tertiary/aromatic N) is 1. The lowest BCUT2D eigenvalue weighted by atomic mass is 9.89. The van der Waals surface area contributed by atoms with Crippen LogP contribution in [0.15, 0.2) is 48.5 Å². The Morgan fingerprint density at radius 3 is 2.00 bits per heavy atom. The number of amides is 1. The van der Waals surface area contributed by atoms with Gasteiger partial charge in [0.15, 0.2) is 5.78 Å². The van der Waals surface area contributed by atoms with Crippen LogP contribution in [0.25, 0.3) is 0 Å². The first-order valence-electron chi connectivity index (χ1n) is 9.43. The lowest BCUT2D eigenvalue weighted by Gasteiger charge is -2.30. The van der Waals surface area contributed by atoms with E-state index in [1.54, 1.807) is 14.2 Å². The van der Waals surface area contributed by atoms with Crippen molar-refractivity contribution in [3.63, 3.8) is 0 Å². The highest BCUT2D eigenvalue weighted by Gasteiger charge is 2.26. The second kappa shape index (κ2) is 9.37. The molecule has 1 amide bonds. The molecule has 0 unspecified atom stereocenters. The van der Waals surface area contributed by atoms with Gasteiger partial charge < -0.3 is 14.8 Å². The van der Waals surface area contributed by atoms with E-state index < -0.39 is 0 Å². The Labute approximate surface area is 165 Å². The summed E-state index contributed by atoms with van der Waals surface area (Å²) in [5.74, 6) is 1.63. The van der Waals surface area contributed by atoms with Crippen molar-refractivity contribution in [1.82, 2.24) is 4.90 Å². The molecule has 0 bridgehead atoms. The van der Waals surface area contributed by atoms with E-state index in [4.69, 9.17) is 9.47 Å². The highest BCUT2D eigenvalue weighted by Crippen LogP contribution is 2.23. The first-order valence-corrected chi connectivity index (χ1v) is 9.43. The Morgan fingerprint density at radius 1 is 0.929 bits per heavy atom. The Kier molecular flexibility index (Phi) is 6.66. The maximum atomic E-state index is 12.7. The van der Waals surface area contributed by atoms with Crippen LogP contribution in [0.2, 0.25) is 0 Å². The van der Waals surface area contributed by atoms with Gasteiger partial charge >= 0.3 is 0 Å². The number of carbonyl (C=O) groups is 2. The molecule has 1 fully saturated rings. The third-order valence-corrected chi connectivity index (χ3v) is 5.07. The zero-order valence-corrected chi connectivity index (χ0v) is 16.3. The van der Waals surface area contributed by atoms with Gasteiger partial charge in [-0.05, 0) is 74.5 Å². The van der Waals surface area contributed by atoms with Crippen molar-refractivity contribution >= 4 is 17.4 Å². The van der Waals surface area contributed by atoms with Gasteiger partial charge in [-0.25, -0.2) is 0 Å². The number of carbonyl (C=O) groups excluding carboxylic acids is 2. The molecule has 3 rings (SSSR count). The zero-order valence-electron chi connectivity index (χ0n) is 16.3. The average molecular weight is 382 g/mol. The van der Waals surface area contributed by atoms with E-state index >= 15 is 0 Å². The number of nitrogens with one attached hydrogen (secondary N) is 1. The van der Waals surface area contributed by atoms with Crippen LogP contribution < -0.4 is 14.8 Å². The normalized spacial score (nSPS) is 15.1. The number of methoxy groups -OCH3 is 2. The molecule has 2 aromatic carbocycles. The van der Waals surface area contributed by atoms with Crippen LogP contribution >= 0.6 is 0 Å². The second-order valence-corrected chi connectivity index (χ2v) is 6.92. The van der Waals surface area contributed by atoms with E-state index in [9.17, 15) is 9.59 Å². The number of benzene rings is 2. The molecule has 1 N–H and O–H groups in total. The molecule has 1 aliphatic heterocycles. The summed E-state index contributed by atoms with van der Waals surface area (Å²) in [5, 5.41) is 2.90. The Bertz CT molecular complexity index is 794. The molecule has 0 saturated carbocycles. The molecule has 1 heterocycles. The van der Waals surface area contributed by atoms with Crippen LogP contribution in [-0.4, -0.2) is 50.4 Å². The quantitative estimate of drug-likeness (QED) is 0.745. The number of Topliss-reactive ketones (excluding diaryl/α,β-unsaturated/α-hetero) is 1. The third-order valence-electron chi connectivity index (χ3n) is 5.07. The molecule has 0 spiro atoms. The number of piperidine rings is 1. The Morgan fingerprint density at radius 2 is 1.46 bits per heavy atom.